The third-order valence-corrected chi connectivity index (χ3v) is 7.20. The number of benzene rings is 5. The number of fused-ring (bicyclic) bond motifs is 1. The number of nitrogens with zero attached hydrogens (tertiary/aromatic N) is 3. The summed E-state index contributed by atoms with van der Waals surface area (Å²) in [7, 11) is 0. The molecule has 3 heteroatoms. The largest absolute Gasteiger partial charge is 0.264 e. The molecule has 5 aromatic carbocycles. The molecule has 7 rings (SSSR count). The Hall–Kier alpha value is -5.41. The Kier molecular flexibility index (Phi) is 6.15. The van der Waals surface area contributed by atoms with Crippen molar-refractivity contribution in [1.82, 2.24) is 15.0 Å². The van der Waals surface area contributed by atoms with E-state index in [9.17, 15) is 0 Å². The molecular weight excluding hydrogens is 486 g/mol. The zero-order chi connectivity index (χ0) is 26.7. The molecule has 0 amide bonds. The molecule has 0 fully saturated rings. The maximum Gasteiger partial charge on any atom is 0.160 e. The van der Waals surface area contributed by atoms with Crippen LogP contribution < -0.4 is 0 Å². The summed E-state index contributed by atoms with van der Waals surface area (Å²) in [5.74, 6) is 0.717. The van der Waals surface area contributed by atoms with Crippen molar-refractivity contribution in [2.75, 3.05) is 0 Å². The number of hydrogen-bond donors (Lipinski definition) is 0. The van der Waals surface area contributed by atoms with Gasteiger partial charge in [-0.05, 0) is 45.7 Å². The highest BCUT2D eigenvalue weighted by atomic mass is 14.9. The minimum atomic E-state index is 0.717. The van der Waals surface area contributed by atoms with Gasteiger partial charge in [-0.3, -0.25) is 4.98 Å². The van der Waals surface area contributed by atoms with E-state index in [1.807, 2.05) is 48.7 Å². The second-order valence-electron chi connectivity index (χ2n) is 9.72. The SMILES string of the molecule is c1ccc(-c2cc(-c3ccc(-c4cccc(-c5cccnc5)c4)c4ccccc34)nc(-c3ccccc3)n2)cc1. The molecule has 0 aliphatic rings. The van der Waals surface area contributed by atoms with Crippen LogP contribution in [0.25, 0.3) is 66.9 Å². The summed E-state index contributed by atoms with van der Waals surface area (Å²) in [5.41, 5.74) is 9.56. The van der Waals surface area contributed by atoms with Crippen LogP contribution in [0.2, 0.25) is 0 Å². The van der Waals surface area contributed by atoms with Crippen LogP contribution in [0.15, 0.2) is 152 Å². The first-order chi connectivity index (χ1) is 19.8. The standard InChI is InChI=1S/C37H25N3/c1-3-11-26(12-4-1)35-24-36(40-37(39-35)27-13-5-2-6-14-27)34-21-20-31(32-18-7-8-19-33(32)34)29-16-9-15-28(23-29)30-17-10-22-38-25-30/h1-25H. The topological polar surface area (TPSA) is 38.7 Å². The summed E-state index contributed by atoms with van der Waals surface area (Å²) in [5, 5.41) is 2.34. The highest BCUT2D eigenvalue weighted by Crippen LogP contribution is 2.37. The molecule has 0 bridgehead atoms. The number of aromatic nitrogens is 3. The second-order valence-corrected chi connectivity index (χ2v) is 9.72. The molecule has 3 nitrogen and oxygen atoms in total. The lowest BCUT2D eigenvalue weighted by molar-refractivity contribution is 1.18. The van der Waals surface area contributed by atoms with Gasteiger partial charge in [-0.1, -0.05) is 121 Å². The zero-order valence-electron chi connectivity index (χ0n) is 21.8. The zero-order valence-corrected chi connectivity index (χ0v) is 21.8. The van der Waals surface area contributed by atoms with Crippen LogP contribution >= 0.6 is 0 Å². The highest BCUT2D eigenvalue weighted by molar-refractivity contribution is 6.05. The Morgan fingerprint density at radius 1 is 0.375 bits per heavy atom. The van der Waals surface area contributed by atoms with Crippen molar-refractivity contribution in [2.45, 2.75) is 0 Å². The fraction of sp³-hybridized carbons (Fsp3) is 0. The molecule has 0 N–H and O–H groups in total. The van der Waals surface area contributed by atoms with Gasteiger partial charge in [0.2, 0.25) is 0 Å². The molecule has 0 aliphatic heterocycles. The smallest absolute Gasteiger partial charge is 0.160 e. The third-order valence-electron chi connectivity index (χ3n) is 7.20. The first-order valence-corrected chi connectivity index (χ1v) is 13.4. The lowest BCUT2D eigenvalue weighted by atomic mass is 9.92. The average molecular weight is 512 g/mol. The van der Waals surface area contributed by atoms with Crippen LogP contribution in [-0.4, -0.2) is 15.0 Å². The monoisotopic (exact) mass is 511 g/mol. The van der Waals surface area contributed by atoms with Crippen LogP contribution in [0.1, 0.15) is 0 Å². The van der Waals surface area contributed by atoms with Gasteiger partial charge >= 0.3 is 0 Å². The lowest BCUT2D eigenvalue weighted by Crippen LogP contribution is -1.96. The normalized spacial score (nSPS) is 11.0. The first-order valence-electron chi connectivity index (χ1n) is 13.4. The van der Waals surface area contributed by atoms with E-state index in [1.54, 1.807) is 6.20 Å². The fourth-order valence-corrected chi connectivity index (χ4v) is 5.23. The molecule has 0 saturated heterocycles. The predicted molar refractivity (Wildman–Crippen MR) is 165 cm³/mol. The van der Waals surface area contributed by atoms with Gasteiger partial charge in [-0.25, -0.2) is 9.97 Å². The van der Waals surface area contributed by atoms with Gasteiger partial charge in [0.1, 0.15) is 0 Å². The quantitative estimate of drug-likeness (QED) is 0.231. The highest BCUT2D eigenvalue weighted by Gasteiger charge is 2.15. The summed E-state index contributed by atoms with van der Waals surface area (Å²) < 4.78 is 0. The summed E-state index contributed by atoms with van der Waals surface area (Å²) >= 11 is 0. The average Bonchev–Trinajstić information content (AvgIpc) is 3.05. The Bertz CT molecular complexity index is 1870. The van der Waals surface area contributed by atoms with Crippen LogP contribution in [0.4, 0.5) is 0 Å². The van der Waals surface area contributed by atoms with E-state index >= 15 is 0 Å². The van der Waals surface area contributed by atoms with Crippen molar-refractivity contribution >= 4 is 10.8 Å². The van der Waals surface area contributed by atoms with Crippen molar-refractivity contribution in [3.05, 3.63) is 152 Å². The van der Waals surface area contributed by atoms with Crippen molar-refractivity contribution in [1.29, 1.82) is 0 Å². The maximum absolute atomic E-state index is 5.09. The molecule has 2 heterocycles. The summed E-state index contributed by atoms with van der Waals surface area (Å²) in [6.07, 6.45) is 3.71. The van der Waals surface area contributed by atoms with E-state index in [-0.39, 0.29) is 0 Å². The molecule has 0 radical (unpaired) electrons. The molecule has 0 atom stereocenters. The molecule has 0 aliphatic carbocycles. The van der Waals surface area contributed by atoms with Crippen LogP contribution in [0.5, 0.6) is 0 Å². The third kappa shape index (κ3) is 4.55. The van der Waals surface area contributed by atoms with Crippen LogP contribution in [0.3, 0.4) is 0 Å². The molecule has 0 spiro atoms. The van der Waals surface area contributed by atoms with Crippen molar-refractivity contribution in [3.8, 4) is 56.2 Å². The molecule has 188 valence electrons. The minimum Gasteiger partial charge on any atom is -0.264 e. The van der Waals surface area contributed by atoms with E-state index in [2.05, 4.69) is 102 Å². The minimum absolute atomic E-state index is 0.717. The van der Waals surface area contributed by atoms with Crippen LogP contribution in [-0.2, 0) is 0 Å². The van der Waals surface area contributed by atoms with Gasteiger partial charge in [0, 0.05) is 34.6 Å². The van der Waals surface area contributed by atoms with Gasteiger partial charge in [-0.2, -0.15) is 0 Å². The molecule has 0 unspecified atom stereocenters. The Morgan fingerprint density at radius 3 is 1.73 bits per heavy atom. The van der Waals surface area contributed by atoms with Gasteiger partial charge in [0.25, 0.3) is 0 Å². The van der Waals surface area contributed by atoms with E-state index in [0.717, 1.165) is 44.6 Å². The van der Waals surface area contributed by atoms with Gasteiger partial charge in [-0.15, -0.1) is 0 Å². The molecule has 0 saturated carbocycles. The van der Waals surface area contributed by atoms with E-state index in [4.69, 9.17) is 9.97 Å². The molecule has 2 aromatic heterocycles. The van der Waals surface area contributed by atoms with Crippen molar-refractivity contribution in [3.63, 3.8) is 0 Å². The Morgan fingerprint density at radius 2 is 0.975 bits per heavy atom. The second kappa shape index (κ2) is 10.4. The van der Waals surface area contributed by atoms with E-state index in [0.29, 0.717) is 5.82 Å². The number of pyridine rings is 1. The fourth-order valence-electron chi connectivity index (χ4n) is 5.23. The Balaban J connectivity index is 1.41. The van der Waals surface area contributed by atoms with E-state index < -0.39 is 0 Å². The van der Waals surface area contributed by atoms with Crippen LogP contribution in [0, 0.1) is 0 Å². The predicted octanol–water partition coefficient (Wildman–Crippen LogP) is 9.36. The van der Waals surface area contributed by atoms with Crippen molar-refractivity contribution in [2.24, 2.45) is 0 Å². The molecule has 40 heavy (non-hydrogen) atoms. The summed E-state index contributed by atoms with van der Waals surface area (Å²) in [6, 6.07) is 48.3. The Labute approximate surface area is 233 Å². The number of rotatable bonds is 5. The van der Waals surface area contributed by atoms with Gasteiger partial charge < -0.3 is 0 Å². The van der Waals surface area contributed by atoms with Crippen molar-refractivity contribution < 1.29 is 0 Å². The number of hydrogen-bond acceptors (Lipinski definition) is 3. The molecular formula is C37H25N3. The van der Waals surface area contributed by atoms with E-state index in [1.165, 1.54) is 16.5 Å². The van der Waals surface area contributed by atoms with Gasteiger partial charge in [0.05, 0.1) is 11.4 Å². The summed E-state index contributed by atoms with van der Waals surface area (Å²) in [6.45, 7) is 0. The van der Waals surface area contributed by atoms with Gasteiger partial charge in [0.15, 0.2) is 5.82 Å². The molecule has 7 aromatic rings. The maximum atomic E-state index is 5.09. The summed E-state index contributed by atoms with van der Waals surface area (Å²) in [4.78, 5) is 14.4. The lowest BCUT2D eigenvalue weighted by Gasteiger charge is -2.14. The first kappa shape index (κ1) is 23.7.